The Morgan fingerprint density at radius 1 is 1.26 bits per heavy atom. The first kappa shape index (κ1) is 12.7. The van der Waals surface area contributed by atoms with E-state index >= 15 is 0 Å². The zero-order chi connectivity index (χ0) is 13.1. The molecule has 1 saturated heterocycles. The van der Waals surface area contributed by atoms with E-state index in [0.717, 1.165) is 25.9 Å². The minimum absolute atomic E-state index is 0.228. The second-order valence-electron chi connectivity index (χ2n) is 5.86. The maximum Gasteiger partial charge on any atom is 0.220 e. The van der Waals surface area contributed by atoms with Crippen molar-refractivity contribution in [2.45, 2.75) is 38.1 Å². The van der Waals surface area contributed by atoms with Gasteiger partial charge in [-0.1, -0.05) is 24.3 Å². The van der Waals surface area contributed by atoms with Gasteiger partial charge in [-0.15, -0.1) is 0 Å². The maximum absolute atomic E-state index is 12.1. The van der Waals surface area contributed by atoms with Gasteiger partial charge in [0.1, 0.15) is 0 Å². The number of hydrogen-bond donors (Lipinski definition) is 2. The molecule has 1 aliphatic heterocycles. The molecule has 1 heterocycles. The fraction of sp³-hybridized carbons (Fsp3) is 0.562. The average molecular weight is 258 g/mol. The summed E-state index contributed by atoms with van der Waals surface area (Å²) in [6, 6.07) is 8.81. The molecule has 0 bridgehead atoms. The molecule has 3 nitrogen and oxygen atoms in total. The lowest BCUT2D eigenvalue weighted by atomic mass is 9.96. The van der Waals surface area contributed by atoms with Crippen LogP contribution in [0.15, 0.2) is 24.3 Å². The van der Waals surface area contributed by atoms with E-state index in [0.29, 0.717) is 18.4 Å². The van der Waals surface area contributed by atoms with Crippen LogP contribution in [0.5, 0.6) is 0 Å². The van der Waals surface area contributed by atoms with E-state index in [2.05, 4.69) is 34.9 Å². The van der Waals surface area contributed by atoms with E-state index in [1.54, 1.807) is 0 Å². The molecular formula is C16H22N2O. The van der Waals surface area contributed by atoms with Crippen molar-refractivity contribution in [2.75, 3.05) is 13.1 Å². The van der Waals surface area contributed by atoms with Crippen molar-refractivity contribution in [3.63, 3.8) is 0 Å². The Balaban J connectivity index is 1.49. The van der Waals surface area contributed by atoms with Gasteiger partial charge in [0.2, 0.25) is 5.91 Å². The predicted octanol–water partition coefficient (Wildman–Crippen LogP) is 1.66. The zero-order valence-electron chi connectivity index (χ0n) is 11.3. The summed E-state index contributed by atoms with van der Waals surface area (Å²) >= 11 is 0. The molecule has 0 radical (unpaired) electrons. The summed E-state index contributed by atoms with van der Waals surface area (Å²) < 4.78 is 0. The molecule has 2 aliphatic rings. The van der Waals surface area contributed by atoms with Crippen LogP contribution in [0.3, 0.4) is 0 Å². The van der Waals surface area contributed by atoms with Crippen molar-refractivity contribution in [3.8, 4) is 0 Å². The summed E-state index contributed by atoms with van der Waals surface area (Å²) in [4.78, 5) is 12.1. The van der Waals surface area contributed by atoms with Crippen LogP contribution in [0.2, 0.25) is 0 Å². The Hall–Kier alpha value is -1.35. The first-order valence-corrected chi connectivity index (χ1v) is 7.38. The van der Waals surface area contributed by atoms with Gasteiger partial charge >= 0.3 is 0 Å². The van der Waals surface area contributed by atoms with Gasteiger partial charge in [-0.05, 0) is 55.8 Å². The number of amides is 1. The number of rotatable bonds is 3. The van der Waals surface area contributed by atoms with Crippen LogP contribution in [0, 0.1) is 5.92 Å². The summed E-state index contributed by atoms with van der Waals surface area (Å²) in [6.07, 6.45) is 5.05. The maximum atomic E-state index is 12.1. The van der Waals surface area contributed by atoms with Crippen molar-refractivity contribution in [3.05, 3.63) is 35.4 Å². The van der Waals surface area contributed by atoms with Gasteiger partial charge in [-0.25, -0.2) is 0 Å². The fourth-order valence-corrected chi connectivity index (χ4v) is 3.31. The summed E-state index contributed by atoms with van der Waals surface area (Å²) in [5.74, 6) is 0.754. The molecule has 19 heavy (non-hydrogen) atoms. The van der Waals surface area contributed by atoms with E-state index in [4.69, 9.17) is 0 Å². The summed E-state index contributed by atoms with van der Waals surface area (Å²) in [5, 5.41) is 6.57. The monoisotopic (exact) mass is 258 g/mol. The number of carbonyl (C=O) groups excluding carboxylic acids is 1. The van der Waals surface area contributed by atoms with Gasteiger partial charge in [0.25, 0.3) is 0 Å². The number of benzene rings is 1. The Bertz CT molecular complexity index is 427. The van der Waals surface area contributed by atoms with Gasteiger partial charge in [0.05, 0.1) is 0 Å². The molecule has 1 aromatic carbocycles. The highest BCUT2D eigenvalue weighted by atomic mass is 16.1. The van der Waals surface area contributed by atoms with Gasteiger partial charge in [0, 0.05) is 12.5 Å². The fourth-order valence-electron chi connectivity index (χ4n) is 3.31. The topological polar surface area (TPSA) is 41.1 Å². The van der Waals surface area contributed by atoms with Crippen molar-refractivity contribution in [1.29, 1.82) is 0 Å². The minimum atomic E-state index is 0.228. The van der Waals surface area contributed by atoms with Gasteiger partial charge in [-0.2, -0.15) is 0 Å². The smallest absolute Gasteiger partial charge is 0.220 e. The van der Waals surface area contributed by atoms with E-state index < -0.39 is 0 Å². The van der Waals surface area contributed by atoms with E-state index in [9.17, 15) is 4.79 Å². The first-order chi connectivity index (χ1) is 9.31. The Morgan fingerprint density at radius 2 is 2.00 bits per heavy atom. The van der Waals surface area contributed by atoms with Crippen molar-refractivity contribution < 1.29 is 4.79 Å². The second-order valence-corrected chi connectivity index (χ2v) is 5.86. The number of hydrogen-bond acceptors (Lipinski definition) is 2. The molecule has 1 amide bonds. The van der Waals surface area contributed by atoms with Gasteiger partial charge < -0.3 is 10.6 Å². The number of nitrogens with one attached hydrogen (secondary N) is 2. The third-order valence-corrected chi connectivity index (χ3v) is 4.29. The molecule has 0 aromatic heterocycles. The highest BCUT2D eigenvalue weighted by Gasteiger charge is 2.24. The minimum Gasteiger partial charge on any atom is -0.353 e. The molecule has 3 heteroatoms. The zero-order valence-corrected chi connectivity index (χ0v) is 11.3. The molecule has 1 atom stereocenters. The predicted molar refractivity (Wildman–Crippen MR) is 76.0 cm³/mol. The van der Waals surface area contributed by atoms with Gasteiger partial charge in [-0.3, -0.25) is 4.79 Å². The van der Waals surface area contributed by atoms with E-state index in [1.807, 2.05) is 0 Å². The van der Waals surface area contributed by atoms with Crippen LogP contribution >= 0.6 is 0 Å². The molecule has 0 spiro atoms. The standard InChI is InChI=1S/C16H22N2O/c19-16(8-12-4-3-7-17-11-12)18-15-9-13-5-1-2-6-14(13)10-15/h1-2,5-6,12,15,17H,3-4,7-11H2,(H,18,19). The number of piperidine rings is 1. The number of fused-ring (bicyclic) bond motifs is 1. The summed E-state index contributed by atoms with van der Waals surface area (Å²) in [7, 11) is 0. The highest BCUT2D eigenvalue weighted by molar-refractivity contribution is 5.76. The molecule has 3 rings (SSSR count). The Morgan fingerprint density at radius 3 is 2.63 bits per heavy atom. The highest BCUT2D eigenvalue weighted by Crippen LogP contribution is 2.22. The SMILES string of the molecule is O=C(CC1CCCNC1)NC1Cc2ccccc2C1. The molecule has 0 saturated carbocycles. The molecule has 2 N–H and O–H groups in total. The van der Waals surface area contributed by atoms with Crippen LogP contribution < -0.4 is 10.6 Å². The third-order valence-electron chi connectivity index (χ3n) is 4.29. The second kappa shape index (κ2) is 5.74. The molecular weight excluding hydrogens is 236 g/mol. The molecule has 102 valence electrons. The van der Waals surface area contributed by atoms with Crippen LogP contribution in [-0.4, -0.2) is 25.0 Å². The molecule has 1 aliphatic carbocycles. The lowest BCUT2D eigenvalue weighted by Gasteiger charge is -2.23. The lowest BCUT2D eigenvalue weighted by Crippen LogP contribution is -2.39. The quantitative estimate of drug-likeness (QED) is 0.865. The third kappa shape index (κ3) is 3.16. The number of carbonyl (C=O) groups is 1. The first-order valence-electron chi connectivity index (χ1n) is 7.38. The van der Waals surface area contributed by atoms with Crippen molar-refractivity contribution in [2.24, 2.45) is 5.92 Å². The van der Waals surface area contributed by atoms with Crippen molar-refractivity contribution >= 4 is 5.91 Å². The Labute approximate surface area is 114 Å². The normalized spacial score (nSPS) is 23.1. The molecule has 1 aromatic rings. The lowest BCUT2D eigenvalue weighted by molar-refractivity contribution is -0.122. The summed E-state index contributed by atoms with van der Waals surface area (Å²) in [6.45, 7) is 2.11. The van der Waals surface area contributed by atoms with E-state index in [-0.39, 0.29) is 5.91 Å². The molecule has 1 unspecified atom stereocenters. The van der Waals surface area contributed by atoms with Crippen LogP contribution in [0.4, 0.5) is 0 Å². The Kier molecular flexibility index (Phi) is 3.83. The van der Waals surface area contributed by atoms with E-state index in [1.165, 1.54) is 24.0 Å². The van der Waals surface area contributed by atoms with Crippen LogP contribution in [0.25, 0.3) is 0 Å². The summed E-state index contributed by atoms with van der Waals surface area (Å²) in [5.41, 5.74) is 2.79. The van der Waals surface area contributed by atoms with Gasteiger partial charge in [0.15, 0.2) is 0 Å². The largest absolute Gasteiger partial charge is 0.353 e. The average Bonchev–Trinajstić information content (AvgIpc) is 2.81. The van der Waals surface area contributed by atoms with Crippen LogP contribution in [0.1, 0.15) is 30.4 Å². The molecule has 1 fully saturated rings. The van der Waals surface area contributed by atoms with Crippen LogP contribution in [-0.2, 0) is 17.6 Å². The van der Waals surface area contributed by atoms with Crippen molar-refractivity contribution in [1.82, 2.24) is 10.6 Å².